The first kappa shape index (κ1) is 18.0. The minimum atomic E-state index is -0.0703. The minimum absolute atomic E-state index is 0.0301. The molecule has 1 atom stereocenters. The van der Waals surface area contributed by atoms with Crippen LogP contribution in [-0.4, -0.2) is 36.9 Å². The normalized spacial score (nSPS) is 16.1. The first-order chi connectivity index (χ1) is 14.1. The van der Waals surface area contributed by atoms with Crippen molar-refractivity contribution < 1.29 is 4.79 Å². The van der Waals surface area contributed by atoms with Crippen LogP contribution in [-0.2, 0) is 6.42 Å². The zero-order chi connectivity index (χ0) is 20.0. The van der Waals surface area contributed by atoms with Crippen molar-refractivity contribution in [3.8, 4) is 11.1 Å². The Balaban J connectivity index is 1.49. The van der Waals surface area contributed by atoms with Crippen LogP contribution in [0.3, 0.4) is 0 Å². The molecule has 1 aromatic carbocycles. The molecule has 0 fully saturated rings. The Bertz CT molecular complexity index is 1220. The lowest BCUT2D eigenvalue weighted by Crippen LogP contribution is -2.39. The van der Waals surface area contributed by atoms with E-state index in [2.05, 4.69) is 56.1 Å². The first-order valence-electron chi connectivity index (χ1n) is 9.46. The molecule has 0 bridgehead atoms. The smallest absolute Gasteiger partial charge is 0.274 e. The molecule has 1 aliphatic rings. The monoisotopic (exact) mass is 447 g/mol. The molecule has 3 aromatic heterocycles. The topological polar surface area (TPSA) is 63.4 Å². The summed E-state index contributed by atoms with van der Waals surface area (Å²) in [4.78, 5) is 23.6. The maximum Gasteiger partial charge on any atom is 0.274 e. The number of carbonyl (C=O) groups is 1. The lowest BCUT2D eigenvalue weighted by Gasteiger charge is -2.36. The van der Waals surface area contributed by atoms with Gasteiger partial charge in [0, 0.05) is 37.4 Å². The number of halogens is 1. The summed E-state index contributed by atoms with van der Waals surface area (Å²) in [5.74, 6) is -0.0703. The van der Waals surface area contributed by atoms with Gasteiger partial charge in [0.15, 0.2) is 11.3 Å². The Morgan fingerprint density at radius 3 is 2.86 bits per heavy atom. The van der Waals surface area contributed by atoms with E-state index in [1.807, 2.05) is 29.4 Å². The molecule has 4 heterocycles. The van der Waals surface area contributed by atoms with E-state index in [0.29, 0.717) is 17.9 Å². The van der Waals surface area contributed by atoms with Gasteiger partial charge in [-0.25, -0.2) is 9.50 Å². The highest BCUT2D eigenvalue weighted by Gasteiger charge is 2.31. The second kappa shape index (κ2) is 7.08. The van der Waals surface area contributed by atoms with E-state index >= 15 is 0 Å². The number of benzene rings is 1. The Morgan fingerprint density at radius 2 is 2.03 bits per heavy atom. The Labute approximate surface area is 176 Å². The van der Waals surface area contributed by atoms with Crippen LogP contribution in [0.1, 0.15) is 34.6 Å². The van der Waals surface area contributed by atoms with Crippen LogP contribution in [0.15, 0.2) is 65.7 Å². The van der Waals surface area contributed by atoms with Crippen molar-refractivity contribution in [2.45, 2.75) is 19.4 Å². The zero-order valence-corrected chi connectivity index (χ0v) is 17.4. The largest absolute Gasteiger partial charge is 0.330 e. The molecule has 0 spiro atoms. The van der Waals surface area contributed by atoms with E-state index in [0.717, 1.165) is 16.5 Å². The van der Waals surface area contributed by atoms with Gasteiger partial charge in [-0.2, -0.15) is 5.10 Å². The molecule has 0 radical (unpaired) electrons. The highest BCUT2D eigenvalue weighted by molar-refractivity contribution is 9.10. The summed E-state index contributed by atoms with van der Waals surface area (Å²) in [5, 5.41) is 4.43. The van der Waals surface area contributed by atoms with Gasteiger partial charge in [-0.05, 0) is 63.7 Å². The second-order valence-electron chi connectivity index (χ2n) is 7.14. The number of nitrogens with zero attached hydrogens (tertiary/aromatic N) is 5. The van der Waals surface area contributed by atoms with Crippen molar-refractivity contribution in [1.29, 1.82) is 0 Å². The van der Waals surface area contributed by atoms with Gasteiger partial charge in [-0.3, -0.25) is 9.78 Å². The number of hydrogen-bond donors (Lipinski definition) is 0. The minimum Gasteiger partial charge on any atom is -0.330 e. The van der Waals surface area contributed by atoms with Crippen LogP contribution >= 0.6 is 15.9 Å². The molecule has 1 aliphatic heterocycles. The number of amides is 1. The van der Waals surface area contributed by atoms with Gasteiger partial charge < -0.3 is 4.90 Å². The van der Waals surface area contributed by atoms with Gasteiger partial charge >= 0.3 is 0 Å². The van der Waals surface area contributed by atoms with E-state index in [9.17, 15) is 4.79 Å². The maximum atomic E-state index is 13.2. The zero-order valence-electron chi connectivity index (χ0n) is 15.8. The lowest BCUT2D eigenvalue weighted by atomic mass is 9.87. The van der Waals surface area contributed by atoms with Crippen molar-refractivity contribution in [1.82, 2.24) is 24.5 Å². The van der Waals surface area contributed by atoms with Crippen LogP contribution in [0.5, 0.6) is 0 Å². The predicted octanol–water partition coefficient (Wildman–Crippen LogP) is 4.31. The fourth-order valence-electron chi connectivity index (χ4n) is 4.05. The lowest BCUT2D eigenvalue weighted by molar-refractivity contribution is 0.0671. The molecule has 4 aromatic rings. The summed E-state index contributed by atoms with van der Waals surface area (Å²) >= 11 is 3.39. The number of rotatable bonds is 2. The van der Waals surface area contributed by atoms with Crippen LogP contribution in [0.25, 0.3) is 16.8 Å². The molecule has 0 aliphatic carbocycles. The molecule has 0 saturated heterocycles. The van der Waals surface area contributed by atoms with Gasteiger partial charge in [-0.1, -0.05) is 18.2 Å². The number of hydrogen-bond acceptors (Lipinski definition) is 4. The van der Waals surface area contributed by atoms with E-state index in [4.69, 9.17) is 0 Å². The van der Waals surface area contributed by atoms with E-state index in [-0.39, 0.29) is 11.9 Å². The van der Waals surface area contributed by atoms with Crippen LogP contribution in [0, 0.1) is 0 Å². The molecule has 29 heavy (non-hydrogen) atoms. The summed E-state index contributed by atoms with van der Waals surface area (Å²) in [6.45, 7) is 2.73. The Kier molecular flexibility index (Phi) is 4.39. The van der Waals surface area contributed by atoms with Gasteiger partial charge in [0.05, 0.1) is 10.5 Å². The van der Waals surface area contributed by atoms with Gasteiger partial charge in [0.2, 0.25) is 0 Å². The van der Waals surface area contributed by atoms with E-state index in [1.54, 1.807) is 23.0 Å². The summed E-state index contributed by atoms with van der Waals surface area (Å²) in [5.41, 5.74) is 5.92. The molecular formula is C22H18BrN5O. The maximum absolute atomic E-state index is 13.2. The molecule has 6 nitrogen and oxygen atoms in total. The van der Waals surface area contributed by atoms with Crippen molar-refractivity contribution >= 4 is 27.5 Å². The van der Waals surface area contributed by atoms with E-state index < -0.39 is 0 Å². The highest BCUT2D eigenvalue weighted by Crippen LogP contribution is 2.36. The first-order valence-corrected chi connectivity index (χ1v) is 10.3. The molecule has 7 heteroatoms. The fourth-order valence-corrected chi connectivity index (χ4v) is 4.35. The third-order valence-electron chi connectivity index (χ3n) is 5.49. The highest BCUT2D eigenvalue weighted by atomic mass is 79.9. The third kappa shape index (κ3) is 3.11. The Morgan fingerprint density at radius 1 is 1.21 bits per heavy atom. The molecule has 0 N–H and O–H groups in total. The predicted molar refractivity (Wildman–Crippen MR) is 114 cm³/mol. The molecule has 5 rings (SSSR count). The van der Waals surface area contributed by atoms with Crippen molar-refractivity contribution in [3.63, 3.8) is 0 Å². The van der Waals surface area contributed by atoms with E-state index in [1.165, 1.54) is 16.7 Å². The number of aromatic nitrogens is 4. The van der Waals surface area contributed by atoms with Crippen LogP contribution in [0.4, 0.5) is 0 Å². The van der Waals surface area contributed by atoms with Gasteiger partial charge in [-0.15, -0.1) is 0 Å². The molecule has 1 unspecified atom stereocenters. The number of fused-ring (bicyclic) bond motifs is 2. The Hall–Kier alpha value is -3.06. The molecular weight excluding hydrogens is 430 g/mol. The standard InChI is InChI=1S/C22H18BrN5O/c1-14-17-3-2-4-18(15-5-8-24-9-6-15)19(17)7-10-27(14)22(29)20-11-21-25-12-16(23)13-28(21)26-20/h2-6,8-9,11-14H,7,10H2,1H3. The molecule has 1 amide bonds. The second-order valence-corrected chi connectivity index (χ2v) is 8.05. The summed E-state index contributed by atoms with van der Waals surface area (Å²) < 4.78 is 2.44. The number of pyridine rings is 1. The average molecular weight is 448 g/mol. The number of carbonyl (C=O) groups excluding carboxylic acids is 1. The summed E-state index contributed by atoms with van der Waals surface area (Å²) in [6.07, 6.45) is 7.93. The summed E-state index contributed by atoms with van der Waals surface area (Å²) in [7, 11) is 0. The molecule has 144 valence electrons. The van der Waals surface area contributed by atoms with Crippen LogP contribution < -0.4 is 0 Å². The average Bonchev–Trinajstić information content (AvgIpc) is 3.17. The van der Waals surface area contributed by atoms with Gasteiger partial charge in [0.25, 0.3) is 5.91 Å². The quantitative estimate of drug-likeness (QED) is 0.459. The molecule has 0 saturated carbocycles. The van der Waals surface area contributed by atoms with Crippen molar-refractivity contribution in [2.75, 3.05) is 6.54 Å². The van der Waals surface area contributed by atoms with Crippen molar-refractivity contribution in [2.24, 2.45) is 0 Å². The van der Waals surface area contributed by atoms with Gasteiger partial charge in [0.1, 0.15) is 0 Å². The summed E-state index contributed by atoms with van der Waals surface area (Å²) in [6, 6.07) is 12.1. The van der Waals surface area contributed by atoms with Crippen LogP contribution in [0.2, 0.25) is 0 Å². The SMILES string of the molecule is CC1c2cccc(-c3ccncc3)c2CCN1C(=O)c1cc2ncc(Br)cn2n1. The van der Waals surface area contributed by atoms with Crippen molar-refractivity contribution in [3.05, 3.63) is 82.5 Å². The third-order valence-corrected chi connectivity index (χ3v) is 5.90. The fraction of sp³-hybridized carbons (Fsp3) is 0.182.